The van der Waals surface area contributed by atoms with Crippen LogP contribution in [0.1, 0.15) is 43.0 Å². The molecule has 0 bridgehead atoms. The van der Waals surface area contributed by atoms with Crippen molar-refractivity contribution in [1.29, 1.82) is 0 Å². The Hall–Kier alpha value is -1.42. The lowest BCUT2D eigenvalue weighted by Gasteiger charge is -2.33. The lowest BCUT2D eigenvalue weighted by Crippen LogP contribution is -2.39. The van der Waals surface area contributed by atoms with Crippen LogP contribution in [0.15, 0.2) is 24.3 Å². The van der Waals surface area contributed by atoms with Gasteiger partial charge in [0.05, 0.1) is 0 Å². The van der Waals surface area contributed by atoms with Crippen molar-refractivity contribution in [3.63, 3.8) is 0 Å². The number of hydrogen-bond acceptors (Lipinski definition) is 2. The molecule has 20 heavy (non-hydrogen) atoms. The molecule has 0 saturated carbocycles. The third-order valence-electron chi connectivity index (χ3n) is 3.95. The van der Waals surface area contributed by atoms with Crippen LogP contribution in [0.2, 0.25) is 0 Å². The number of carbonyl (C=O) groups excluding carboxylic acids is 1. The van der Waals surface area contributed by atoms with Crippen LogP contribution < -0.4 is 5.32 Å². The summed E-state index contributed by atoms with van der Waals surface area (Å²) in [6.45, 7) is 5.15. The minimum absolute atomic E-state index is 0.128. The summed E-state index contributed by atoms with van der Waals surface area (Å²) >= 11 is 0. The second kappa shape index (κ2) is 7.39. The van der Waals surface area contributed by atoms with Gasteiger partial charge in [-0.3, -0.25) is 4.79 Å². The van der Waals surface area contributed by atoms with E-state index in [1.165, 1.54) is 50.1 Å². The predicted octanol–water partition coefficient (Wildman–Crippen LogP) is 2.82. The first kappa shape index (κ1) is 15.0. The third-order valence-corrected chi connectivity index (χ3v) is 3.95. The Morgan fingerprint density at radius 2 is 2.10 bits per heavy atom. The van der Waals surface area contributed by atoms with Gasteiger partial charge in [-0.05, 0) is 57.0 Å². The molecule has 1 fully saturated rings. The number of benzene rings is 1. The van der Waals surface area contributed by atoms with E-state index < -0.39 is 0 Å². The Morgan fingerprint density at radius 3 is 2.80 bits per heavy atom. The molecular formula is C16H23FN2O. The molecule has 2 rings (SSSR count). The van der Waals surface area contributed by atoms with Gasteiger partial charge < -0.3 is 10.2 Å². The Kier molecular flexibility index (Phi) is 5.53. The fraction of sp³-hybridized carbons (Fsp3) is 0.562. The number of nitrogens with one attached hydrogen (secondary N) is 1. The minimum atomic E-state index is -0.319. The molecule has 3 nitrogen and oxygen atoms in total. The molecule has 0 aliphatic carbocycles. The van der Waals surface area contributed by atoms with Gasteiger partial charge in [-0.2, -0.15) is 0 Å². The maximum atomic E-state index is 12.8. The van der Waals surface area contributed by atoms with E-state index in [0.29, 0.717) is 18.2 Å². The van der Waals surface area contributed by atoms with Crippen LogP contribution >= 0.6 is 0 Å². The van der Waals surface area contributed by atoms with Gasteiger partial charge in [0.25, 0.3) is 5.91 Å². The molecule has 1 aliphatic heterocycles. The van der Waals surface area contributed by atoms with E-state index in [4.69, 9.17) is 0 Å². The average Bonchev–Trinajstić information content (AvgIpc) is 2.46. The first-order valence-corrected chi connectivity index (χ1v) is 7.44. The van der Waals surface area contributed by atoms with Crippen LogP contribution in [-0.2, 0) is 0 Å². The van der Waals surface area contributed by atoms with Crippen LogP contribution in [0.4, 0.5) is 4.39 Å². The summed E-state index contributed by atoms with van der Waals surface area (Å²) in [6.07, 6.45) is 4.85. The van der Waals surface area contributed by atoms with Gasteiger partial charge in [-0.1, -0.05) is 6.42 Å². The molecule has 0 unspecified atom stereocenters. The highest BCUT2D eigenvalue weighted by molar-refractivity contribution is 5.94. The summed E-state index contributed by atoms with van der Waals surface area (Å²) in [5.74, 6) is -0.447. The van der Waals surface area contributed by atoms with E-state index in [-0.39, 0.29) is 11.7 Å². The fourth-order valence-corrected chi connectivity index (χ4v) is 2.68. The highest BCUT2D eigenvalue weighted by Gasteiger charge is 2.17. The number of amides is 1. The average molecular weight is 278 g/mol. The molecule has 1 N–H and O–H groups in total. The molecule has 1 atom stereocenters. The maximum absolute atomic E-state index is 12.8. The van der Waals surface area contributed by atoms with E-state index >= 15 is 0 Å². The first-order chi connectivity index (χ1) is 9.66. The van der Waals surface area contributed by atoms with Crippen molar-refractivity contribution in [2.75, 3.05) is 19.6 Å². The van der Waals surface area contributed by atoms with Crippen LogP contribution in [0.3, 0.4) is 0 Å². The number of halogens is 1. The lowest BCUT2D eigenvalue weighted by atomic mass is 10.0. The Bertz CT molecular complexity index is 433. The number of hydrogen-bond donors (Lipinski definition) is 1. The third kappa shape index (κ3) is 4.30. The summed E-state index contributed by atoms with van der Waals surface area (Å²) < 4.78 is 12.8. The van der Waals surface area contributed by atoms with Gasteiger partial charge >= 0.3 is 0 Å². The molecule has 1 aliphatic rings. The molecule has 1 amide bonds. The van der Waals surface area contributed by atoms with Crippen molar-refractivity contribution in [3.8, 4) is 0 Å². The van der Waals surface area contributed by atoms with E-state index in [2.05, 4.69) is 17.1 Å². The molecule has 1 aromatic carbocycles. The summed E-state index contributed by atoms with van der Waals surface area (Å²) in [5, 5.41) is 2.88. The SMILES string of the molecule is C[C@H]1CCCCN1CCCNC(=O)c1ccc(F)cc1. The summed E-state index contributed by atoms with van der Waals surface area (Å²) in [5.41, 5.74) is 0.512. The van der Waals surface area contributed by atoms with Gasteiger partial charge in [0.15, 0.2) is 0 Å². The van der Waals surface area contributed by atoms with Gasteiger partial charge in [0.1, 0.15) is 5.82 Å². The summed E-state index contributed by atoms with van der Waals surface area (Å²) in [4.78, 5) is 14.3. The van der Waals surface area contributed by atoms with Gasteiger partial charge in [0.2, 0.25) is 0 Å². The Labute approximate surface area is 120 Å². The second-order valence-electron chi connectivity index (χ2n) is 5.50. The smallest absolute Gasteiger partial charge is 0.251 e. The highest BCUT2D eigenvalue weighted by Crippen LogP contribution is 2.16. The number of piperidine rings is 1. The number of likely N-dealkylation sites (tertiary alicyclic amines) is 1. The van der Waals surface area contributed by atoms with E-state index in [1.54, 1.807) is 0 Å². The monoisotopic (exact) mass is 278 g/mol. The molecule has 1 saturated heterocycles. The Morgan fingerprint density at radius 1 is 1.35 bits per heavy atom. The van der Waals surface area contributed by atoms with Crippen molar-refractivity contribution in [3.05, 3.63) is 35.6 Å². The van der Waals surface area contributed by atoms with Crippen molar-refractivity contribution >= 4 is 5.91 Å². The normalized spacial score (nSPS) is 19.8. The molecule has 110 valence electrons. The number of nitrogens with zero attached hydrogens (tertiary/aromatic N) is 1. The van der Waals surface area contributed by atoms with Crippen LogP contribution in [0.25, 0.3) is 0 Å². The van der Waals surface area contributed by atoms with Gasteiger partial charge in [-0.15, -0.1) is 0 Å². The zero-order valence-electron chi connectivity index (χ0n) is 12.1. The minimum Gasteiger partial charge on any atom is -0.352 e. The molecule has 1 aromatic rings. The molecular weight excluding hydrogens is 255 g/mol. The van der Waals surface area contributed by atoms with Gasteiger partial charge in [-0.25, -0.2) is 4.39 Å². The first-order valence-electron chi connectivity index (χ1n) is 7.44. The topological polar surface area (TPSA) is 32.3 Å². The van der Waals surface area contributed by atoms with E-state index in [0.717, 1.165) is 13.0 Å². The van der Waals surface area contributed by atoms with E-state index in [1.807, 2.05) is 0 Å². The summed E-state index contributed by atoms with van der Waals surface area (Å²) in [7, 11) is 0. The molecule has 0 aromatic heterocycles. The van der Waals surface area contributed by atoms with Crippen molar-refractivity contribution in [2.45, 2.75) is 38.6 Å². The second-order valence-corrected chi connectivity index (χ2v) is 5.50. The number of rotatable bonds is 5. The molecule has 1 heterocycles. The van der Waals surface area contributed by atoms with Crippen molar-refractivity contribution in [1.82, 2.24) is 10.2 Å². The molecule has 4 heteroatoms. The van der Waals surface area contributed by atoms with Crippen molar-refractivity contribution < 1.29 is 9.18 Å². The quantitative estimate of drug-likeness (QED) is 0.840. The largest absolute Gasteiger partial charge is 0.352 e. The summed E-state index contributed by atoms with van der Waals surface area (Å²) in [6, 6.07) is 6.31. The highest BCUT2D eigenvalue weighted by atomic mass is 19.1. The van der Waals surface area contributed by atoms with Crippen LogP contribution in [-0.4, -0.2) is 36.5 Å². The zero-order valence-corrected chi connectivity index (χ0v) is 12.1. The lowest BCUT2D eigenvalue weighted by molar-refractivity contribution is 0.0949. The maximum Gasteiger partial charge on any atom is 0.251 e. The zero-order chi connectivity index (χ0) is 14.4. The van der Waals surface area contributed by atoms with Crippen molar-refractivity contribution in [2.24, 2.45) is 0 Å². The fourth-order valence-electron chi connectivity index (χ4n) is 2.68. The Balaban J connectivity index is 1.67. The molecule has 0 spiro atoms. The van der Waals surface area contributed by atoms with Crippen LogP contribution in [0, 0.1) is 5.82 Å². The molecule has 0 radical (unpaired) electrons. The van der Waals surface area contributed by atoms with Gasteiger partial charge in [0, 0.05) is 24.7 Å². The standard InChI is InChI=1S/C16H23FN2O/c1-13-5-2-3-11-19(13)12-4-10-18-16(20)14-6-8-15(17)9-7-14/h6-9,13H,2-5,10-12H2,1H3,(H,18,20)/t13-/m0/s1. The van der Waals surface area contributed by atoms with Crippen LogP contribution in [0.5, 0.6) is 0 Å². The number of carbonyl (C=O) groups is 1. The predicted molar refractivity (Wildman–Crippen MR) is 78.2 cm³/mol. The van der Waals surface area contributed by atoms with E-state index in [9.17, 15) is 9.18 Å².